The summed E-state index contributed by atoms with van der Waals surface area (Å²) in [5, 5.41) is 3.46. The predicted molar refractivity (Wildman–Crippen MR) is 83.0 cm³/mol. The average Bonchev–Trinajstić information content (AvgIpc) is 2.32. The van der Waals surface area contributed by atoms with Gasteiger partial charge in [0, 0.05) is 24.7 Å². The Morgan fingerprint density at radius 3 is 2.45 bits per heavy atom. The molecule has 5 nitrogen and oxygen atoms in total. The van der Waals surface area contributed by atoms with Crippen molar-refractivity contribution in [1.29, 1.82) is 0 Å². The Kier molecular flexibility index (Phi) is 6.71. The van der Waals surface area contributed by atoms with Gasteiger partial charge in [-0.2, -0.15) is 0 Å². The molecule has 0 atom stereocenters. The van der Waals surface area contributed by atoms with Gasteiger partial charge in [-0.15, -0.1) is 0 Å². The van der Waals surface area contributed by atoms with Crippen LogP contribution in [0.4, 0.5) is 0 Å². The molecule has 1 aromatic carbocycles. The molecule has 20 heavy (non-hydrogen) atoms. The van der Waals surface area contributed by atoms with Crippen molar-refractivity contribution in [2.24, 2.45) is 0 Å². The van der Waals surface area contributed by atoms with Crippen LogP contribution in [0.5, 0.6) is 0 Å². The fraction of sp³-hybridized carbons (Fsp3) is 0.500. The van der Waals surface area contributed by atoms with Gasteiger partial charge in [0.05, 0.1) is 5.02 Å². The Hall–Kier alpha value is -0.370. The van der Waals surface area contributed by atoms with Gasteiger partial charge in [-0.3, -0.25) is 0 Å². The van der Waals surface area contributed by atoms with Crippen LogP contribution in [-0.4, -0.2) is 47.6 Å². The number of hydrogen-bond donors (Lipinski definition) is 2. The molecule has 0 aliphatic rings. The third kappa shape index (κ3) is 4.87. The van der Waals surface area contributed by atoms with E-state index in [1.165, 1.54) is 6.07 Å². The molecule has 8 heteroatoms. The molecular weight excluding hydrogens is 321 g/mol. The van der Waals surface area contributed by atoms with Crippen molar-refractivity contribution in [3.63, 3.8) is 0 Å². The summed E-state index contributed by atoms with van der Waals surface area (Å²) in [6.45, 7) is 1.35. The van der Waals surface area contributed by atoms with E-state index in [9.17, 15) is 8.42 Å². The largest absolute Gasteiger partial charge is 0.316 e. The monoisotopic (exact) mass is 339 g/mol. The maximum absolute atomic E-state index is 12.3. The maximum atomic E-state index is 12.3. The van der Waals surface area contributed by atoms with Gasteiger partial charge in [-0.25, -0.2) is 13.1 Å². The van der Waals surface area contributed by atoms with Gasteiger partial charge >= 0.3 is 0 Å². The molecule has 1 rings (SSSR count). The SMILES string of the molecule is CNCc1cc(Cl)cc(S(=O)(=O)NCCN(C)C)c1Cl. The molecule has 0 saturated carbocycles. The summed E-state index contributed by atoms with van der Waals surface area (Å²) in [6.07, 6.45) is 0. The van der Waals surface area contributed by atoms with E-state index >= 15 is 0 Å². The molecule has 0 spiro atoms. The average molecular weight is 340 g/mol. The number of sulfonamides is 1. The molecule has 0 radical (unpaired) electrons. The number of hydrogen-bond acceptors (Lipinski definition) is 4. The Bertz CT molecular complexity index is 562. The van der Waals surface area contributed by atoms with Crippen LogP contribution in [0, 0.1) is 0 Å². The van der Waals surface area contributed by atoms with Gasteiger partial charge in [0.15, 0.2) is 0 Å². The third-order valence-corrected chi connectivity index (χ3v) is 4.85. The molecule has 2 N–H and O–H groups in total. The van der Waals surface area contributed by atoms with Gasteiger partial charge in [0.2, 0.25) is 10.0 Å². The van der Waals surface area contributed by atoms with Crippen molar-refractivity contribution in [3.05, 3.63) is 27.7 Å². The van der Waals surface area contributed by atoms with Crippen LogP contribution in [-0.2, 0) is 16.6 Å². The molecule has 0 bridgehead atoms. The Morgan fingerprint density at radius 2 is 1.90 bits per heavy atom. The number of nitrogens with zero attached hydrogens (tertiary/aromatic N) is 1. The lowest BCUT2D eigenvalue weighted by Crippen LogP contribution is -2.31. The minimum Gasteiger partial charge on any atom is -0.316 e. The van der Waals surface area contributed by atoms with Crippen LogP contribution in [0.25, 0.3) is 0 Å². The third-order valence-electron chi connectivity index (χ3n) is 2.59. The zero-order chi connectivity index (χ0) is 15.3. The van der Waals surface area contributed by atoms with Crippen molar-refractivity contribution in [1.82, 2.24) is 14.9 Å². The van der Waals surface area contributed by atoms with Crippen LogP contribution < -0.4 is 10.0 Å². The van der Waals surface area contributed by atoms with Crippen LogP contribution in [0.1, 0.15) is 5.56 Å². The van der Waals surface area contributed by atoms with Crippen molar-refractivity contribution in [2.45, 2.75) is 11.4 Å². The minimum absolute atomic E-state index is 0.00988. The number of likely N-dealkylation sites (N-methyl/N-ethyl adjacent to an activating group) is 1. The van der Waals surface area contributed by atoms with Gasteiger partial charge < -0.3 is 10.2 Å². The Labute approximate surface area is 130 Å². The number of benzene rings is 1. The standard InChI is InChI=1S/C12H19Cl2N3O2S/c1-15-8-9-6-10(13)7-11(12(9)14)20(18,19)16-4-5-17(2)3/h6-7,15-16H,4-5,8H2,1-3H3. The lowest BCUT2D eigenvalue weighted by Gasteiger charge is -2.14. The van der Waals surface area contributed by atoms with Crippen molar-refractivity contribution in [2.75, 3.05) is 34.2 Å². The molecule has 0 heterocycles. The fourth-order valence-electron chi connectivity index (χ4n) is 1.61. The van der Waals surface area contributed by atoms with E-state index in [0.717, 1.165) is 0 Å². The number of nitrogens with one attached hydrogen (secondary N) is 2. The second-order valence-corrected chi connectivity index (χ2v) is 7.16. The molecule has 0 amide bonds. The van der Waals surface area contributed by atoms with Crippen LogP contribution in [0.15, 0.2) is 17.0 Å². The Morgan fingerprint density at radius 1 is 1.25 bits per heavy atom. The zero-order valence-corrected chi connectivity index (χ0v) is 14.0. The van der Waals surface area contributed by atoms with Gasteiger partial charge in [0.25, 0.3) is 0 Å². The second kappa shape index (κ2) is 7.59. The van der Waals surface area contributed by atoms with E-state index in [1.54, 1.807) is 13.1 Å². The highest BCUT2D eigenvalue weighted by atomic mass is 35.5. The first-order valence-corrected chi connectivity index (χ1v) is 8.28. The van der Waals surface area contributed by atoms with E-state index in [4.69, 9.17) is 23.2 Å². The molecule has 0 unspecified atom stereocenters. The van der Waals surface area contributed by atoms with E-state index in [0.29, 0.717) is 30.2 Å². The highest BCUT2D eigenvalue weighted by Gasteiger charge is 2.20. The van der Waals surface area contributed by atoms with E-state index < -0.39 is 10.0 Å². The first-order valence-electron chi connectivity index (χ1n) is 6.05. The molecule has 114 valence electrons. The molecule has 0 aliphatic heterocycles. The summed E-state index contributed by atoms with van der Waals surface area (Å²) >= 11 is 12.1. The first-order chi connectivity index (χ1) is 9.27. The summed E-state index contributed by atoms with van der Waals surface area (Å²) in [7, 11) is 1.81. The van der Waals surface area contributed by atoms with Crippen LogP contribution in [0.2, 0.25) is 10.0 Å². The van der Waals surface area contributed by atoms with Crippen molar-refractivity contribution >= 4 is 33.2 Å². The van der Waals surface area contributed by atoms with Gasteiger partial charge in [-0.05, 0) is 38.8 Å². The van der Waals surface area contributed by atoms with E-state index in [2.05, 4.69) is 10.0 Å². The summed E-state index contributed by atoms with van der Waals surface area (Å²) in [5.74, 6) is 0. The molecule has 1 aromatic rings. The smallest absolute Gasteiger partial charge is 0.242 e. The number of rotatable bonds is 7. The fourth-order valence-corrected chi connectivity index (χ4v) is 3.57. The quantitative estimate of drug-likeness (QED) is 0.791. The topological polar surface area (TPSA) is 61.4 Å². The highest BCUT2D eigenvalue weighted by molar-refractivity contribution is 7.89. The summed E-state index contributed by atoms with van der Waals surface area (Å²) < 4.78 is 27.0. The Balaban J connectivity index is 3.05. The van der Waals surface area contributed by atoms with Crippen LogP contribution >= 0.6 is 23.2 Å². The molecule has 0 aromatic heterocycles. The molecule has 0 aliphatic carbocycles. The second-order valence-electron chi connectivity index (χ2n) is 4.61. The summed E-state index contributed by atoms with van der Waals surface area (Å²) in [6, 6.07) is 3.01. The van der Waals surface area contributed by atoms with E-state index in [1.807, 2.05) is 19.0 Å². The van der Waals surface area contributed by atoms with Crippen molar-refractivity contribution in [3.8, 4) is 0 Å². The maximum Gasteiger partial charge on any atom is 0.242 e. The highest BCUT2D eigenvalue weighted by Crippen LogP contribution is 2.29. The van der Waals surface area contributed by atoms with Crippen molar-refractivity contribution < 1.29 is 8.42 Å². The van der Waals surface area contributed by atoms with Crippen LogP contribution in [0.3, 0.4) is 0 Å². The van der Waals surface area contributed by atoms with Gasteiger partial charge in [0.1, 0.15) is 4.90 Å². The minimum atomic E-state index is -3.67. The van der Waals surface area contributed by atoms with E-state index in [-0.39, 0.29) is 9.92 Å². The first kappa shape index (κ1) is 17.7. The summed E-state index contributed by atoms with van der Waals surface area (Å²) in [4.78, 5) is 1.89. The zero-order valence-electron chi connectivity index (χ0n) is 11.7. The summed E-state index contributed by atoms with van der Waals surface area (Å²) in [5.41, 5.74) is 0.648. The molecular formula is C12H19Cl2N3O2S. The lowest BCUT2D eigenvalue weighted by molar-refractivity contribution is 0.412. The normalized spacial score (nSPS) is 12.1. The lowest BCUT2D eigenvalue weighted by atomic mass is 10.2. The van der Waals surface area contributed by atoms with Gasteiger partial charge in [-0.1, -0.05) is 23.2 Å². The predicted octanol–water partition coefficient (Wildman–Crippen LogP) is 1.55. The molecule has 0 fully saturated rings. The number of halogens is 2. The molecule has 0 saturated heterocycles.